The average Bonchev–Trinajstić information content (AvgIpc) is 1.88. The lowest BCUT2D eigenvalue weighted by atomic mass is 10.3. The first-order valence-electron chi connectivity index (χ1n) is 2.86. The Morgan fingerprint density at radius 2 is 2.44 bits per heavy atom. The molecule has 1 heterocycles. The third-order valence-electron chi connectivity index (χ3n) is 1.07. The van der Waals surface area contributed by atoms with Gasteiger partial charge in [0.1, 0.15) is 0 Å². The van der Waals surface area contributed by atoms with Crippen LogP contribution in [0, 0.1) is 13.0 Å². The highest BCUT2D eigenvalue weighted by atomic mass is 14.7. The van der Waals surface area contributed by atoms with Crippen LogP contribution in [0.5, 0.6) is 0 Å². The summed E-state index contributed by atoms with van der Waals surface area (Å²) in [4.78, 5) is 4.14. The molecule has 47 valence electrons. The molecule has 0 fully saturated rings. The van der Waals surface area contributed by atoms with E-state index in [9.17, 15) is 0 Å². The van der Waals surface area contributed by atoms with E-state index in [-0.39, 0.29) is 0 Å². The summed E-state index contributed by atoms with van der Waals surface area (Å²) in [7, 11) is 0. The highest BCUT2D eigenvalue weighted by molar-refractivity contribution is 5.07. The van der Waals surface area contributed by atoms with Crippen LogP contribution >= 0.6 is 0 Å². The summed E-state index contributed by atoms with van der Waals surface area (Å²) >= 11 is 0. The summed E-state index contributed by atoms with van der Waals surface area (Å²) in [5.74, 6) is 0. The Bertz CT molecular complexity index is 196. The van der Waals surface area contributed by atoms with E-state index >= 15 is 0 Å². The van der Waals surface area contributed by atoms with Crippen LogP contribution in [0.15, 0.2) is 12.1 Å². The van der Waals surface area contributed by atoms with Gasteiger partial charge in [0, 0.05) is 12.2 Å². The van der Waals surface area contributed by atoms with Gasteiger partial charge in [-0.3, -0.25) is 4.98 Å². The van der Waals surface area contributed by atoms with E-state index in [1.807, 2.05) is 13.0 Å². The molecule has 1 rings (SSSR count). The summed E-state index contributed by atoms with van der Waals surface area (Å²) in [6.07, 6.45) is 0. The zero-order valence-corrected chi connectivity index (χ0v) is 5.39. The molecule has 0 amide bonds. The highest BCUT2D eigenvalue weighted by Gasteiger charge is 1.88. The SMILES string of the molecule is Cc1c[c]cc(CN)n1. The van der Waals surface area contributed by atoms with Crippen molar-refractivity contribution in [2.45, 2.75) is 13.5 Å². The molecule has 0 aliphatic rings. The summed E-state index contributed by atoms with van der Waals surface area (Å²) < 4.78 is 0. The van der Waals surface area contributed by atoms with Crippen LogP contribution in [-0.4, -0.2) is 4.98 Å². The Hall–Kier alpha value is -0.890. The van der Waals surface area contributed by atoms with Crippen molar-refractivity contribution in [3.8, 4) is 0 Å². The van der Waals surface area contributed by atoms with Crippen LogP contribution in [0.4, 0.5) is 0 Å². The lowest BCUT2D eigenvalue weighted by Gasteiger charge is -1.94. The third-order valence-corrected chi connectivity index (χ3v) is 1.07. The Balaban J connectivity index is 2.94. The standard InChI is InChI=1S/C7H9N2/c1-6-3-2-4-7(5-8)9-6/h3-4H,5,8H2,1H3. The van der Waals surface area contributed by atoms with Gasteiger partial charge in [-0.1, -0.05) is 0 Å². The Kier molecular flexibility index (Phi) is 1.80. The zero-order valence-electron chi connectivity index (χ0n) is 5.39. The quantitative estimate of drug-likeness (QED) is 0.592. The molecule has 0 aliphatic heterocycles. The van der Waals surface area contributed by atoms with Gasteiger partial charge < -0.3 is 5.73 Å². The molecule has 0 bridgehead atoms. The lowest BCUT2D eigenvalue weighted by molar-refractivity contribution is 0.968. The average molecular weight is 121 g/mol. The predicted molar refractivity (Wildman–Crippen MR) is 35.7 cm³/mol. The van der Waals surface area contributed by atoms with Crippen LogP contribution in [0.1, 0.15) is 11.4 Å². The van der Waals surface area contributed by atoms with Crippen LogP contribution in [0.2, 0.25) is 0 Å². The van der Waals surface area contributed by atoms with Crippen molar-refractivity contribution in [3.63, 3.8) is 0 Å². The van der Waals surface area contributed by atoms with Crippen LogP contribution < -0.4 is 5.73 Å². The number of rotatable bonds is 1. The molecule has 2 heteroatoms. The minimum Gasteiger partial charge on any atom is -0.325 e. The summed E-state index contributed by atoms with van der Waals surface area (Å²) in [6.45, 7) is 2.42. The van der Waals surface area contributed by atoms with E-state index in [1.165, 1.54) is 0 Å². The maximum absolute atomic E-state index is 5.34. The maximum Gasteiger partial charge on any atom is 0.0548 e. The second-order valence-corrected chi connectivity index (χ2v) is 1.90. The van der Waals surface area contributed by atoms with Crippen molar-refractivity contribution in [2.75, 3.05) is 0 Å². The van der Waals surface area contributed by atoms with Gasteiger partial charge in [-0.05, 0) is 25.1 Å². The fourth-order valence-electron chi connectivity index (χ4n) is 0.654. The van der Waals surface area contributed by atoms with Crippen molar-refractivity contribution in [1.29, 1.82) is 0 Å². The predicted octanol–water partition coefficient (Wildman–Crippen LogP) is 0.649. The number of nitrogens with zero attached hydrogens (tertiary/aromatic N) is 1. The second kappa shape index (κ2) is 2.60. The molecule has 1 radical (unpaired) electrons. The summed E-state index contributed by atoms with van der Waals surface area (Å²) in [5.41, 5.74) is 7.20. The number of pyridine rings is 1. The minimum atomic E-state index is 0.498. The molecular weight excluding hydrogens is 112 g/mol. The number of nitrogens with two attached hydrogens (primary N) is 1. The monoisotopic (exact) mass is 121 g/mol. The van der Waals surface area contributed by atoms with Crippen LogP contribution in [-0.2, 0) is 6.54 Å². The molecule has 0 aromatic carbocycles. The zero-order chi connectivity index (χ0) is 6.69. The molecule has 9 heavy (non-hydrogen) atoms. The first-order valence-corrected chi connectivity index (χ1v) is 2.86. The largest absolute Gasteiger partial charge is 0.325 e. The van der Waals surface area contributed by atoms with Crippen molar-refractivity contribution in [2.24, 2.45) is 5.73 Å². The van der Waals surface area contributed by atoms with Crippen molar-refractivity contribution in [3.05, 3.63) is 29.6 Å². The smallest absolute Gasteiger partial charge is 0.0548 e. The van der Waals surface area contributed by atoms with E-state index in [0.717, 1.165) is 11.4 Å². The molecule has 1 aromatic heterocycles. The molecule has 0 saturated carbocycles. The van der Waals surface area contributed by atoms with Gasteiger partial charge >= 0.3 is 0 Å². The Labute approximate surface area is 54.7 Å². The first-order chi connectivity index (χ1) is 4.33. The molecular formula is C7H9N2. The van der Waals surface area contributed by atoms with E-state index in [4.69, 9.17) is 5.73 Å². The molecule has 0 atom stereocenters. The van der Waals surface area contributed by atoms with Crippen molar-refractivity contribution in [1.82, 2.24) is 4.98 Å². The number of hydrogen-bond donors (Lipinski definition) is 1. The molecule has 0 aliphatic carbocycles. The van der Waals surface area contributed by atoms with Gasteiger partial charge in [0.25, 0.3) is 0 Å². The van der Waals surface area contributed by atoms with Gasteiger partial charge in [0.15, 0.2) is 0 Å². The molecule has 2 N–H and O–H groups in total. The van der Waals surface area contributed by atoms with Crippen molar-refractivity contribution < 1.29 is 0 Å². The van der Waals surface area contributed by atoms with E-state index in [1.54, 1.807) is 6.07 Å². The number of aromatic nitrogens is 1. The van der Waals surface area contributed by atoms with Gasteiger partial charge in [0.05, 0.1) is 5.69 Å². The molecule has 0 saturated heterocycles. The second-order valence-electron chi connectivity index (χ2n) is 1.90. The lowest BCUT2D eigenvalue weighted by Crippen LogP contribution is -1.99. The highest BCUT2D eigenvalue weighted by Crippen LogP contribution is 1.94. The van der Waals surface area contributed by atoms with Gasteiger partial charge in [-0.2, -0.15) is 0 Å². The van der Waals surface area contributed by atoms with Crippen LogP contribution in [0.3, 0.4) is 0 Å². The van der Waals surface area contributed by atoms with Crippen molar-refractivity contribution >= 4 is 0 Å². The molecule has 0 unspecified atom stereocenters. The minimum absolute atomic E-state index is 0.498. The van der Waals surface area contributed by atoms with E-state index in [0.29, 0.717) is 6.54 Å². The normalized spacial score (nSPS) is 9.56. The fraction of sp³-hybridized carbons (Fsp3) is 0.286. The van der Waals surface area contributed by atoms with E-state index < -0.39 is 0 Å². The Morgan fingerprint density at radius 1 is 1.67 bits per heavy atom. The molecule has 2 nitrogen and oxygen atoms in total. The van der Waals surface area contributed by atoms with Gasteiger partial charge in [-0.25, -0.2) is 0 Å². The first kappa shape index (κ1) is 6.23. The topological polar surface area (TPSA) is 38.9 Å². The Morgan fingerprint density at radius 3 is 2.89 bits per heavy atom. The maximum atomic E-state index is 5.34. The van der Waals surface area contributed by atoms with E-state index in [2.05, 4.69) is 11.1 Å². The van der Waals surface area contributed by atoms with Crippen LogP contribution in [0.25, 0.3) is 0 Å². The summed E-state index contributed by atoms with van der Waals surface area (Å²) in [6, 6.07) is 6.57. The summed E-state index contributed by atoms with van der Waals surface area (Å²) in [5, 5.41) is 0. The number of hydrogen-bond acceptors (Lipinski definition) is 2. The number of aryl methyl sites for hydroxylation is 1. The third kappa shape index (κ3) is 1.50. The fourth-order valence-corrected chi connectivity index (χ4v) is 0.654. The molecule has 1 aromatic rings. The van der Waals surface area contributed by atoms with Gasteiger partial charge in [0.2, 0.25) is 0 Å². The van der Waals surface area contributed by atoms with Gasteiger partial charge in [-0.15, -0.1) is 0 Å². The molecule has 0 spiro atoms.